The molecule has 0 spiro atoms. The summed E-state index contributed by atoms with van der Waals surface area (Å²) >= 11 is 0. The van der Waals surface area contributed by atoms with Crippen LogP contribution in [0.25, 0.3) is 0 Å². The van der Waals surface area contributed by atoms with Gasteiger partial charge in [0, 0.05) is 12.0 Å². The monoisotopic (exact) mass is 226 g/mol. The number of Topliss-reactive ketones (excluding diaryl/α,β-unsaturated/α-hetero) is 2. The molecule has 4 heteroatoms. The highest BCUT2D eigenvalue weighted by Crippen LogP contribution is 2.08. The molecule has 1 unspecified atom stereocenters. The first-order chi connectivity index (χ1) is 7.43. The van der Waals surface area contributed by atoms with Crippen molar-refractivity contribution >= 4 is 17.5 Å². The fraction of sp³-hybridized carbons (Fsp3) is 0.583. The number of carbonyl (C=O) groups excluding carboxylic acids is 3. The highest BCUT2D eigenvalue weighted by atomic mass is 16.5. The SMILES string of the molecule is C=C(C)C(=O)OC(CCC)C(=O)C(=O)CC. The van der Waals surface area contributed by atoms with Gasteiger partial charge in [-0.3, -0.25) is 9.59 Å². The topological polar surface area (TPSA) is 60.4 Å². The molecule has 0 aromatic heterocycles. The van der Waals surface area contributed by atoms with Gasteiger partial charge in [0.2, 0.25) is 11.6 Å². The number of carbonyl (C=O) groups is 3. The van der Waals surface area contributed by atoms with Crippen molar-refractivity contribution in [2.24, 2.45) is 0 Å². The van der Waals surface area contributed by atoms with E-state index in [0.717, 1.165) is 0 Å². The minimum atomic E-state index is -0.957. The van der Waals surface area contributed by atoms with Crippen molar-refractivity contribution in [2.45, 2.75) is 46.1 Å². The Kier molecular flexibility index (Phi) is 6.30. The van der Waals surface area contributed by atoms with E-state index < -0.39 is 23.6 Å². The largest absolute Gasteiger partial charge is 0.450 e. The summed E-state index contributed by atoms with van der Waals surface area (Å²) in [6.45, 7) is 8.37. The Morgan fingerprint density at radius 2 is 1.81 bits per heavy atom. The smallest absolute Gasteiger partial charge is 0.333 e. The maximum atomic E-state index is 11.6. The van der Waals surface area contributed by atoms with Crippen LogP contribution < -0.4 is 0 Å². The number of ketones is 2. The Labute approximate surface area is 95.7 Å². The highest BCUT2D eigenvalue weighted by Gasteiger charge is 2.26. The third kappa shape index (κ3) is 4.38. The minimum absolute atomic E-state index is 0.129. The molecule has 0 aromatic rings. The van der Waals surface area contributed by atoms with Gasteiger partial charge in [0.05, 0.1) is 0 Å². The van der Waals surface area contributed by atoms with Crippen molar-refractivity contribution in [1.82, 2.24) is 0 Å². The maximum Gasteiger partial charge on any atom is 0.333 e. The first-order valence-electron chi connectivity index (χ1n) is 5.37. The first kappa shape index (κ1) is 14.6. The van der Waals surface area contributed by atoms with E-state index in [-0.39, 0.29) is 12.0 Å². The van der Waals surface area contributed by atoms with E-state index in [1.165, 1.54) is 6.92 Å². The van der Waals surface area contributed by atoms with Gasteiger partial charge in [0.15, 0.2) is 6.10 Å². The van der Waals surface area contributed by atoms with Gasteiger partial charge in [-0.05, 0) is 13.3 Å². The number of hydrogen-bond acceptors (Lipinski definition) is 4. The Morgan fingerprint density at radius 3 is 2.19 bits per heavy atom. The second-order valence-electron chi connectivity index (χ2n) is 3.60. The molecule has 0 aromatic carbocycles. The lowest BCUT2D eigenvalue weighted by Crippen LogP contribution is -2.32. The van der Waals surface area contributed by atoms with Crippen LogP contribution in [0, 0.1) is 0 Å². The molecule has 90 valence electrons. The summed E-state index contributed by atoms with van der Waals surface area (Å²) in [6, 6.07) is 0. The molecule has 0 rings (SSSR count). The van der Waals surface area contributed by atoms with Crippen molar-refractivity contribution < 1.29 is 19.1 Å². The van der Waals surface area contributed by atoms with Crippen molar-refractivity contribution in [3.05, 3.63) is 12.2 Å². The zero-order chi connectivity index (χ0) is 12.7. The molecule has 0 aliphatic carbocycles. The standard InChI is InChI=1S/C12H18O4/c1-5-7-10(11(14)9(13)6-2)16-12(15)8(3)4/h10H,3,5-7H2,1-2,4H3. The molecular weight excluding hydrogens is 208 g/mol. The molecule has 0 radical (unpaired) electrons. The normalized spacial score (nSPS) is 11.7. The van der Waals surface area contributed by atoms with E-state index in [1.54, 1.807) is 6.92 Å². The maximum absolute atomic E-state index is 11.6. The summed E-state index contributed by atoms with van der Waals surface area (Å²) in [7, 11) is 0. The van der Waals surface area contributed by atoms with Crippen LogP contribution in [0.15, 0.2) is 12.2 Å². The van der Waals surface area contributed by atoms with Gasteiger partial charge in [-0.2, -0.15) is 0 Å². The molecular formula is C12H18O4. The average Bonchev–Trinajstić information content (AvgIpc) is 2.26. The van der Waals surface area contributed by atoms with Crippen LogP contribution in [0.1, 0.15) is 40.0 Å². The number of rotatable bonds is 7. The molecule has 0 saturated heterocycles. The quantitative estimate of drug-likeness (QED) is 0.377. The Hall–Kier alpha value is -1.45. The summed E-state index contributed by atoms with van der Waals surface area (Å²) in [5.74, 6) is -1.76. The fourth-order valence-corrected chi connectivity index (χ4v) is 1.09. The van der Waals surface area contributed by atoms with Gasteiger partial charge in [-0.1, -0.05) is 26.8 Å². The first-order valence-corrected chi connectivity index (χ1v) is 5.37. The Bertz CT molecular complexity index is 304. The number of esters is 1. The van der Waals surface area contributed by atoms with Crippen LogP contribution >= 0.6 is 0 Å². The van der Waals surface area contributed by atoms with E-state index in [4.69, 9.17) is 4.74 Å². The van der Waals surface area contributed by atoms with E-state index in [1.807, 2.05) is 6.92 Å². The molecule has 0 bridgehead atoms. The minimum Gasteiger partial charge on any atom is -0.450 e. The number of ether oxygens (including phenoxy) is 1. The van der Waals surface area contributed by atoms with E-state index >= 15 is 0 Å². The summed E-state index contributed by atoms with van der Waals surface area (Å²) < 4.78 is 4.93. The summed E-state index contributed by atoms with van der Waals surface area (Å²) in [5, 5.41) is 0. The molecule has 1 atom stereocenters. The van der Waals surface area contributed by atoms with Gasteiger partial charge in [-0.25, -0.2) is 4.79 Å². The molecule has 16 heavy (non-hydrogen) atoms. The van der Waals surface area contributed by atoms with Gasteiger partial charge in [0.1, 0.15) is 0 Å². The average molecular weight is 226 g/mol. The van der Waals surface area contributed by atoms with Crippen LogP contribution in [0.3, 0.4) is 0 Å². The van der Waals surface area contributed by atoms with Crippen molar-refractivity contribution in [3.8, 4) is 0 Å². The second kappa shape index (κ2) is 6.93. The third-order valence-electron chi connectivity index (χ3n) is 2.04. The van der Waals surface area contributed by atoms with Crippen molar-refractivity contribution in [1.29, 1.82) is 0 Å². The molecule has 0 aliphatic heterocycles. The summed E-state index contributed by atoms with van der Waals surface area (Å²) in [6.07, 6.45) is 0.200. The highest BCUT2D eigenvalue weighted by molar-refractivity contribution is 6.39. The van der Waals surface area contributed by atoms with Crippen LogP contribution in [-0.4, -0.2) is 23.6 Å². The molecule has 0 N–H and O–H groups in total. The second-order valence-corrected chi connectivity index (χ2v) is 3.60. The predicted molar refractivity (Wildman–Crippen MR) is 59.9 cm³/mol. The van der Waals surface area contributed by atoms with Gasteiger partial charge in [-0.15, -0.1) is 0 Å². The fourth-order valence-electron chi connectivity index (χ4n) is 1.09. The van der Waals surface area contributed by atoms with Crippen LogP contribution in [-0.2, 0) is 19.1 Å². The van der Waals surface area contributed by atoms with E-state index in [2.05, 4.69) is 6.58 Å². The molecule has 0 heterocycles. The molecule has 0 aliphatic rings. The van der Waals surface area contributed by atoms with Crippen LogP contribution in [0.5, 0.6) is 0 Å². The molecule has 0 fully saturated rings. The van der Waals surface area contributed by atoms with E-state index in [9.17, 15) is 14.4 Å². The lowest BCUT2D eigenvalue weighted by Gasteiger charge is -2.14. The van der Waals surface area contributed by atoms with Gasteiger partial charge >= 0.3 is 5.97 Å². The van der Waals surface area contributed by atoms with Gasteiger partial charge in [0.25, 0.3) is 0 Å². The number of hydrogen-bond donors (Lipinski definition) is 0. The summed E-state index contributed by atoms with van der Waals surface area (Å²) in [5.41, 5.74) is 0.220. The lowest BCUT2D eigenvalue weighted by molar-refractivity contribution is -0.154. The van der Waals surface area contributed by atoms with Crippen LogP contribution in [0.4, 0.5) is 0 Å². The third-order valence-corrected chi connectivity index (χ3v) is 2.04. The van der Waals surface area contributed by atoms with E-state index in [0.29, 0.717) is 12.8 Å². The van der Waals surface area contributed by atoms with Gasteiger partial charge < -0.3 is 4.74 Å². The zero-order valence-electron chi connectivity index (χ0n) is 10.0. The van der Waals surface area contributed by atoms with Crippen LogP contribution in [0.2, 0.25) is 0 Å². The van der Waals surface area contributed by atoms with Crippen molar-refractivity contribution in [2.75, 3.05) is 0 Å². The zero-order valence-corrected chi connectivity index (χ0v) is 10.0. The predicted octanol–water partition coefficient (Wildman–Crippen LogP) is 1.82. The molecule has 0 saturated carbocycles. The molecule has 0 amide bonds. The Balaban J connectivity index is 4.61. The summed E-state index contributed by atoms with van der Waals surface area (Å²) in [4.78, 5) is 34.0. The van der Waals surface area contributed by atoms with Crippen molar-refractivity contribution in [3.63, 3.8) is 0 Å². The lowest BCUT2D eigenvalue weighted by atomic mass is 10.1. The molecule has 4 nitrogen and oxygen atoms in total. The Morgan fingerprint density at radius 1 is 1.25 bits per heavy atom.